The van der Waals surface area contributed by atoms with Gasteiger partial charge in [-0.25, -0.2) is 0 Å². The maximum atomic E-state index is 12.1. The molecule has 3 nitrogen and oxygen atoms in total. The van der Waals surface area contributed by atoms with E-state index in [0.29, 0.717) is 12.0 Å². The van der Waals surface area contributed by atoms with Crippen molar-refractivity contribution < 1.29 is 9.90 Å². The Morgan fingerprint density at radius 3 is 3.00 bits per heavy atom. The molecule has 0 aliphatic carbocycles. The lowest BCUT2D eigenvalue weighted by Gasteiger charge is -2.29. The standard InChI is InChI=1S/C12H13NO2/c1-8-6-7-12(15)10-5-3-2-4-9(10)11(14)13(8)12/h2-5,8,15H,6-7H2,1H3/t8-,12-/m0/s1. The minimum Gasteiger partial charge on any atom is -0.367 e. The molecule has 1 fully saturated rings. The van der Waals surface area contributed by atoms with Crippen LogP contribution in [0.4, 0.5) is 0 Å². The molecule has 0 radical (unpaired) electrons. The Labute approximate surface area is 88.3 Å². The van der Waals surface area contributed by atoms with Crippen molar-refractivity contribution in [3.05, 3.63) is 35.4 Å². The van der Waals surface area contributed by atoms with E-state index in [2.05, 4.69) is 0 Å². The van der Waals surface area contributed by atoms with Crippen LogP contribution in [0, 0.1) is 0 Å². The number of benzene rings is 1. The average Bonchev–Trinajstić information content (AvgIpc) is 2.65. The van der Waals surface area contributed by atoms with Crippen molar-refractivity contribution >= 4 is 5.91 Å². The van der Waals surface area contributed by atoms with Gasteiger partial charge in [-0.3, -0.25) is 4.79 Å². The quantitative estimate of drug-likeness (QED) is 0.693. The number of carbonyl (C=O) groups is 1. The lowest BCUT2D eigenvalue weighted by atomic mass is 9.99. The maximum absolute atomic E-state index is 12.1. The maximum Gasteiger partial charge on any atom is 0.257 e. The first kappa shape index (κ1) is 8.92. The van der Waals surface area contributed by atoms with Gasteiger partial charge in [-0.15, -0.1) is 0 Å². The molecule has 0 bridgehead atoms. The second-order valence-electron chi connectivity index (χ2n) is 4.43. The molecule has 2 atom stereocenters. The van der Waals surface area contributed by atoms with E-state index in [1.165, 1.54) is 0 Å². The van der Waals surface area contributed by atoms with Crippen molar-refractivity contribution in [2.45, 2.75) is 31.5 Å². The van der Waals surface area contributed by atoms with Crippen LogP contribution >= 0.6 is 0 Å². The zero-order valence-electron chi connectivity index (χ0n) is 8.60. The first-order chi connectivity index (χ1) is 7.14. The smallest absolute Gasteiger partial charge is 0.257 e. The van der Waals surface area contributed by atoms with Crippen LogP contribution in [0.1, 0.15) is 35.7 Å². The molecule has 3 heteroatoms. The highest BCUT2D eigenvalue weighted by Crippen LogP contribution is 2.46. The number of carbonyl (C=O) groups excluding carboxylic acids is 1. The van der Waals surface area contributed by atoms with Crippen molar-refractivity contribution in [3.8, 4) is 0 Å². The highest BCUT2D eigenvalue weighted by Gasteiger charge is 2.53. The Hall–Kier alpha value is -1.35. The number of fused-ring (bicyclic) bond motifs is 3. The number of aliphatic hydroxyl groups is 1. The molecule has 15 heavy (non-hydrogen) atoms. The molecule has 1 N–H and O–H groups in total. The fraction of sp³-hybridized carbons (Fsp3) is 0.417. The molecule has 78 valence electrons. The number of hydrogen-bond acceptors (Lipinski definition) is 2. The lowest BCUT2D eigenvalue weighted by molar-refractivity contribution is -0.0670. The van der Waals surface area contributed by atoms with E-state index in [9.17, 15) is 9.90 Å². The summed E-state index contributed by atoms with van der Waals surface area (Å²) in [5.41, 5.74) is 0.401. The summed E-state index contributed by atoms with van der Waals surface area (Å²) in [6.07, 6.45) is 1.52. The van der Waals surface area contributed by atoms with E-state index in [-0.39, 0.29) is 11.9 Å². The third-order valence-electron chi connectivity index (χ3n) is 3.56. The van der Waals surface area contributed by atoms with Crippen LogP contribution in [0.3, 0.4) is 0 Å². The zero-order valence-corrected chi connectivity index (χ0v) is 8.60. The molecule has 1 aromatic rings. The third-order valence-corrected chi connectivity index (χ3v) is 3.56. The zero-order chi connectivity index (χ0) is 10.6. The predicted octanol–water partition coefficient (Wildman–Crippen LogP) is 1.47. The van der Waals surface area contributed by atoms with Gasteiger partial charge in [0.25, 0.3) is 5.91 Å². The monoisotopic (exact) mass is 203 g/mol. The average molecular weight is 203 g/mol. The second kappa shape index (κ2) is 2.61. The lowest BCUT2D eigenvalue weighted by Crippen LogP contribution is -2.41. The topological polar surface area (TPSA) is 40.5 Å². The molecule has 0 saturated carbocycles. The second-order valence-corrected chi connectivity index (χ2v) is 4.43. The minimum atomic E-state index is -1.03. The molecule has 3 rings (SSSR count). The molecule has 0 spiro atoms. The van der Waals surface area contributed by atoms with Gasteiger partial charge in [-0.1, -0.05) is 18.2 Å². The molecule has 1 saturated heterocycles. The van der Waals surface area contributed by atoms with Gasteiger partial charge in [-0.05, 0) is 19.4 Å². The number of amides is 1. The van der Waals surface area contributed by atoms with Gasteiger partial charge in [0.05, 0.1) is 0 Å². The first-order valence-electron chi connectivity index (χ1n) is 5.30. The molecule has 2 aliphatic rings. The van der Waals surface area contributed by atoms with Gasteiger partial charge < -0.3 is 10.0 Å². The third kappa shape index (κ3) is 0.913. The molecular weight excluding hydrogens is 190 g/mol. The van der Waals surface area contributed by atoms with Crippen LogP contribution in [-0.2, 0) is 5.72 Å². The number of hydrogen-bond donors (Lipinski definition) is 1. The van der Waals surface area contributed by atoms with Gasteiger partial charge in [-0.2, -0.15) is 0 Å². The van der Waals surface area contributed by atoms with E-state index in [4.69, 9.17) is 0 Å². The summed E-state index contributed by atoms with van der Waals surface area (Å²) in [5, 5.41) is 10.5. The number of nitrogens with zero attached hydrogens (tertiary/aromatic N) is 1. The molecule has 1 aromatic carbocycles. The Morgan fingerprint density at radius 2 is 2.20 bits per heavy atom. The van der Waals surface area contributed by atoms with Crippen molar-refractivity contribution in [1.29, 1.82) is 0 Å². The van der Waals surface area contributed by atoms with Crippen LogP contribution in [0.15, 0.2) is 24.3 Å². The van der Waals surface area contributed by atoms with Crippen molar-refractivity contribution in [2.75, 3.05) is 0 Å². The summed E-state index contributed by atoms with van der Waals surface area (Å²) in [6.45, 7) is 1.99. The van der Waals surface area contributed by atoms with Crippen LogP contribution in [0.2, 0.25) is 0 Å². The van der Waals surface area contributed by atoms with Gasteiger partial charge in [0.1, 0.15) is 0 Å². The molecule has 2 heterocycles. The SMILES string of the molecule is C[C@H]1CC[C@]2(O)c3ccccc3C(=O)N12. The Kier molecular flexibility index (Phi) is 1.55. The molecule has 1 amide bonds. The summed E-state index contributed by atoms with van der Waals surface area (Å²) in [7, 11) is 0. The molecular formula is C12H13NO2. The van der Waals surface area contributed by atoms with Crippen molar-refractivity contribution in [1.82, 2.24) is 4.90 Å². The molecule has 2 aliphatic heterocycles. The van der Waals surface area contributed by atoms with E-state index in [1.54, 1.807) is 11.0 Å². The van der Waals surface area contributed by atoms with E-state index < -0.39 is 5.72 Å². The summed E-state index contributed by atoms with van der Waals surface area (Å²) >= 11 is 0. The Balaban J connectivity index is 2.24. The predicted molar refractivity (Wildman–Crippen MR) is 55.2 cm³/mol. The van der Waals surface area contributed by atoms with Crippen molar-refractivity contribution in [3.63, 3.8) is 0 Å². The van der Waals surface area contributed by atoms with Gasteiger partial charge in [0.2, 0.25) is 0 Å². The van der Waals surface area contributed by atoms with Crippen LogP contribution < -0.4 is 0 Å². The summed E-state index contributed by atoms with van der Waals surface area (Å²) in [4.78, 5) is 13.7. The molecule has 0 unspecified atom stereocenters. The fourth-order valence-corrected chi connectivity index (χ4v) is 2.81. The van der Waals surface area contributed by atoms with Crippen LogP contribution in [0.25, 0.3) is 0 Å². The Bertz CT molecular complexity index is 443. The first-order valence-corrected chi connectivity index (χ1v) is 5.30. The summed E-state index contributed by atoms with van der Waals surface area (Å²) < 4.78 is 0. The van der Waals surface area contributed by atoms with E-state index >= 15 is 0 Å². The van der Waals surface area contributed by atoms with E-state index in [0.717, 1.165) is 12.0 Å². The van der Waals surface area contributed by atoms with Crippen molar-refractivity contribution in [2.24, 2.45) is 0 Å². The fourth-order valence-electron chi connectivity index (χ4n) is 2.81. The van der Waals surface area contributed by atoms with Crippen LogP contribution in [-0.4, -0.2) is 22.0 Å². The van der Waals surface area contributed by atoms with Gasteiger partial charge in [0.15, 0.2) is 5.72 Å². The normalized spacial score (nSPS) is 33.1. The minimum absolute atomic E-state index is 0.0295. The highest BCUT2D eigenvalue weighted by atomic mass is 16.3. The number of rotatable bonds is 0. The summed E-state index contributed by atoms with van der Waals surface area (Å²) in [5.74, 6) is -0.0295. The van der Waals surface area contributed by atoms with E-state index in [1.807, 2.05) is 25.1 Å². The Morgan fingerprint density at radius 1 is 1.47 bits per heavy atom. The summed E-state index contributed by atoms with van der Waals surface area (Å²) in [6, 6.07) is 7.49. The largest absolute Gasteiger partial charge is 0.367 e. The van der Waals surface area contributed by atoms with Crippen LogP contribution in [0.5, 0.6) is 0 Å². The van der Waals surface area contributed by atoms with Gasteiger partial charge >= 0.3 is 0 Å². The highest BCUT2D eigenvalue weighted by molar-refractivity contribution is 6.00. The molecule has 0 aromatic heterocycles. The van der Waals surface area contributed by atoms with Gasteiger partial charge in [0, 0.05) is 23.6 Å².